The van der Waals surface area contributed by atoms with Crippen molar-refractivity contribution in [3.63, 3.8) is 0 Å². The summed E-state index contributed by atoms with van der Waals surface area (Å²) >= 11 is 0. The minimum atomic E-state index is -0.410. The highest BCUT2D eigenvalue weighted by Crippen LogP contribution is 2.19. The Morgan fingerprint density at radius 3 is 2.65 bits per heavy atom. The van der Waals surface area contributed by atoms with Gasteiger partial charge in [-0.05, 0) is 25.0 Å². The lowest BCUT2D eigenvalue weighted by Crippen LogP contribution is -2.53. The molecule has 26 heavy (non-hydrogen) atoms. The number of piperazine rings is 1. The molecule has 2 aromatic rings. The Morgan fingerprint density at radius 2 is 2.00 bits per heavy atom. The molecular formula is C18H23FN6O. The number of hydrogen-bond donors (Lipinski definition) is 1. The predicted molar refractivity (Wildman–Crippen MR) is 96.6 cm³/mol. The van der Waals surface area contributed by atoms with Crippen LogP contribution in [0.25, 0.3) is 0 Å². The average molecular weight is 358 g/mol. The molecule has 7 nitrogen and oxygen atoms in total. The van der Waals surface area contributed by atoms with Gasteiger partial charge in [0.1, 0.15) is 5.76 Å². The van der Waals surface area contributed by atoms with Crippen LogP contribution in [0.4, 0.5) is 10.3 Å². The zero-order chi connectivity index (χ0) is 17.8. The second-order valence-electron chi connectivity index (χ2n) is 6.63. The van der Waals surface area contributed by atoms with E-state index in [2.05, 4.69) is 25.1 Å². The number of nitrogens with one attached hydrogen (secondary N) is 1. The number of guanidine groups is 1. The van der Waals surface area contributed by atoms with Crippen LogP contribution in [-0.2, 0) is 6.42 Å². The molecule has 1 aliphatic heterocycles. The first kappa shape index (κ1) is 16.8. The van der Waals surface area contributed by atoms with Crippen molar-refractivity contribution < 1.29 is 8.81 Å². The fraction of sp³-hybridized carbons (Fsp3) is 0.500. The number of anilines is 1. The Morgan fingerprint density at radius 1 is 1.23 bits per heavy atom. The van der Waals surface area contributed by atoms with Crippen molar-refractivity contribution in [2.24, 2.45) is 4.99 Å². The maximum absolute atomic E-state index is 13.0. The van der Waals surface area contributed by atoms with E-state index < -0.39 is 5.82 Å². The zero-order valence-electron chi connectivity index (χ0n) is 14.6. The number of furan rings is 1. The third kappa shape index (κ3) is 4.30. The largest absolute Gasteiger partial charge is 0.469 e. The van der Waals surface area contributed by atoms with Gasteiger partial charge in [-0.15, -0.1) is 0 Å². The van der Waals surface area contributed by atoms with E-state index in [4.69, 9.17) is 9.41 Å². The van der Waals surface area contributed by atoms with Crippen LogP contribution in [0.3, 0.4) is 0 Å². The van der Waals surface area contributed by atoms with E-state index >= 15 is 0 Å². The van der Waals surface area contributed by atoms with E-state index in [1.165, 1.54) is 25.2 Å². The number of aromatic nitrogens is 2. The van der Waals surface area contributed by atoms with Gasteiger partial charge in [0.2, 0.25) is 5.95 Å². The van der Waals surface area contributed by atoms with Gasteiger partial charge in [0.15, 0.2) is 11.8 Å². The van der Waals surface area contributed by atoms with Crippen LogP contribution < -0.4 is 10.2 Å². The lowest BCUT2D eigenvalue weighted by atomic mass is 10.3. The Balaban J connectivity index is 1.35. The van der Waals surface area contributed by atoms with E-state index in [-0.39, 0.29) is 0 Å². The zero-order valence-corrected chi connectivity index (χ0v) is 14.6. The molecule has 1 saturated heterocycles. The number of aliphatic imine (C=N–C) groups is 1. The van der Waals surface area contributed by atoms with Crippen molar-refractivity contribution in [1.29, 1.82) is 0 Å². The van der Waals surface area contributed by atoms with Crippen LogP contribution in [0.15, 0.2) is 40.2 Å². The maximum Gasteiger partial charge on any atom is 0.225 e. The summed E-state index contributed by atoms with van der Waals surface area (Å²) in [7, 11) is 0. The standard InChI is InChI=1S/C18H23FN6O/c19-14-12-21-17(22-13-14)24-7-9-25(10-8-24)18(23-15-3-4-15)20-6-5-16-2-1-11-26-16/h1-2,11-13,15H,3-10H2,(H,20,23). The summed E-state index contributed by atoms with van der Waals surface area (Å²) < 4.78 is 18.4. The normalized spacial score (nSPS) is 18.3. The lowest BCUT2D eigenvalue weighted by Gasteiger charge is -2.36. The van der Waals surface area contributed by atoms with Crippen LogP contribution in [-0.4, -0.2) is 59.6 Å². The summed E-state index contributed by atoms with van der Waals surface area (Å²) in [5, 5.41) is 3.55. The number of halogens is 1. The molecule has 3 heterocycles. The van der Waals surface area contributed by atoms with Crippen LogP contribution >= 0.6 is 0 Å². The molecule has 2 aromatic heterocycles. The minimum absolute atomic E-state index is 0.410. The minimum Gasteiger partial charge on any atom is -0.469 e. The predicted octanol–water partition coefficient (Wildman–Crippen LogP) is 1.68. The monoisotopic (exact) mass is 358 g/mol. The summed E-state index contributed by atoms with van der Waals surface area (Å²) in [6.07, 6.45) is 7.34. The van der Waals surface area contributed by atoms with Crippen molar-refractivity contribution in [2.75, 3.05) is 37.6 Å². The van der Waals surface area contributed by atoms with E-state index in [1.807, 2.05) is 12.1 Å². The maximum atomic E-state index is 13.0. The molecule has 0 aromatic carbocycles. The fourth-order valence-corrected chi connectivity index (χ4v) is 2.96. The Bertz CT molecular complexity index is 721. The highest BCUT2D eigenvalue weighted by Gasteiger charge is 2.27. The molecule has 0 amide bonds. The van der Waals surface area contributed by atoms with E-state index in [1.54, 1.807) is 6.26 Å². The van der Waals surface area contributed by atoms with Crippen molar-refractivity contribution in [3.05, 3.63) is 42.4 Å². The summed E-state index contributed by atoms with van der Waals surface area (Å²) in [6, 6.07) is 4.43. The van der Waals surface area contributed by atoms with Crippen LogP contribution in [0.5, 0.6) is 0 Å². The second-order valence-corrected chi connectivity index (χ2v) is 6.63. The quantitative estimate of drug-likeness (QED) is 0.648. The van der Waals surface area contributed by atoms with Gasteiger partial charge in [0, 0.05) is 45.2 Å². The number of rotatable bonds is 5. The lowest BCUT2D eigenvalue weighted by molar-refractivity contribution is 0.368. The molecular weight excluding hydrogens is 335 g/mol. The topological polar surface area (TPSA) is 69.8 Å². The molecule has 0 atom stereocenters. The van der Waals surface area contributed by atoms with Gasteiger partial charge in [0.25, 0.3) is 0 Å². The third-order valence-corrected chi connectivity index (χ3v) is 4.58. The summed E-state index contributed by atoms with van der Waals surface area (Å²) in [4.78, 5) is 17.3. The molecule has 1 N–H and O–H groups in total. The molecule has 1 aliphatic carbocycles. The van der Waals surface area contributed by atoms with E-state index in [0.29, 0.717) is 18.5 Å². The Labute approximate surface area is 151 Å². The molecule has 0 radical (unpaired) electrons. The van der Waals surface area contributed by atoms with Gasteiger partial charge >= 0.3 is 0 Å². The first-order valence-corrected chi connectivity index (χ1v) is 9.09. The van der Waals surface area contributed by atoms with Crippen LogP contribution in [0.2, 0.25) is 0 Å². The highest BCUT2D eigenvalue weighted by molar-refractivity contribution is 5.81. The second kappa shape index (κ2) is 7.72. The molecule has 4 rings (SSSR count). The number of nitrogens with zero attached hydrogens (tertiary/aromatic N) is 5. The molecule has 138 valence electrons. The van der Waals surface area contributed by atoms with Crippen LogP contribution in [0, 0.1) is 5.82 Å². The van der Waals surface area contributed by atoms with E-state index in [9.17, 15) is 4.39 Å². The van der Waals surface area contributed by atoms with Gasteiger partial charge < -0.3 is 19.5 Å². The molecule has 8 heteroatoms. The van der Waals surface area contributed by atoms with Crippen LogP contribution in [0.1, 0.15) is 18.6 Å². The van der Waals surface area contributed by atoms with Gasteiger partial charge in [-0.2, -0.15) is 0 Å². The first-order valence-electron chi connectivity index (χ1n) is 9.09. The molecule has 1 saturated carbocycles. The molecule has 0 spiro atoms. The highest BCUT2D eigenvalue weighted by atomic mass is 19.1. The van der Waals surface area contributed by atoms with Gasteiger partial charge in [-0.25, -0.2) is 14.4 Å². The van der Waals surface area contributed by atoms with Crippen molar-refractivity contribution in [3.8, 4) is 0 Å². The molecule has 2 aliphatic rings. The molecule has 0 bridgehead atoms. The first-order chi connectivity index (χ1) is 12.8. The Kier molecular flexibility index (Phi) is 4.99. The van der Waals surface area contributed by atoms with Gasteiger partial charge in [0.05, 0.1) is 18.7 Å². The SMILES string of the molecule is Fc1cnc(N2CCN(C(=NCCc3ccco3)NC3CC3)CC2)nc1. The van der Waals surface area contributed by atoms with Crippen molar-refractivity contribution in [1.82, 2.24) is 20.2 Å². The van der Waals surface area contributed by atoms with Crippen molar-refractivity contribution >= 4 is 11.9 Å². The fourth-order valence-electron chi connectivity index (χ4n) is 2.96. The molecule has 0 unspecified atom stereocenters. The van der Waals surface area contributed by atoms with Gasteiger partial charge in [-0.3, -0.25) is 4.99 Å². The van der Waals surface area contributed by atoms with Gasteiger partial charge in [-0.1, -0.05) is 0 Å². The van der Waals surface area contributed by atoms with E-state index in [0.717, 1.165) is 44.3 Å². The summed E-state index contributed by atoms with van der Waals surface area (Å²) in [5.74, 6) is 2.10. The Hall–Kier alpha value is -2.64. The molecule has 2 fully saturated rings. The van der Waals surface area contributed by atoms with Crippen molar-refractivity contribution in [2.45, 2.75) is 25.3 Å². The number of hydrogen-bond acceptors (Lipinski definition) is 5. The average Bonchev–Trinajstić information content (AvgIpc) is 3.34. The smallest absolute Gasteiger partial charge is 0.225 e. The third-order valence-electron chi connectivity index (χ3n) is 4.58. The summed E-state index contributed by atoms with van der Waals surface area (Å²) in [5.41, 5.74) is 0. The summed E-state index contributed by atoms with van der Waals surface area (Å²) in [6.45, 7) is 3.94.